The fourth-order valence-electron chi connectivity index (χ4n) is 4.43. The van der Waals surface area contributed by atoms with Crippen LogP contribution in [0.5, 0.6) is 0 Å². The first-order valence-corrected chi connectivity index (χ1v) is 10.5. The summed E-state index contributed by atoms with van der Waals surface area (Å²) in [4.78, 5) is 0. The molecule has 0 aromatic carbocycles. The lowest BCUT2D eigenvalue weighted by Crippen LogP contribution is -2.71. The average molecular weight is 315 g/mol. The van der Waals surface area contributed by atoms with Crippen molar-refractivity contribution in [2.24, 2.45) is 11.8 Å². The van der Waals surface area contributed by atoms with Crippen molar-refractivity contribution >= 4 is 8.88 Å². The molecule has 0 spiro atoms. The zero-order valence-electron chi connectivity index (χ0n) is 14.4. The van der Waals surface area contributed by atoms with E-state index in [0.29, 0.717) is 0 Å². The molecule has 0 aromatic rings. The predicted octanol–water partition coefficient (Wildman–Crippen LogP) is 2.96. The highest BCUT2D eigenvalue weighted by atomic mass is 28.4. The fraction of sp³-hybridized carbons (Fsp3) is 1.00. The minimum Gasteiger partial charge on any atom is -0.374 e. The monoisotopic (exact) mass is 314 g/mol. The number of hydrogen-bond donors (Lipinski definition) is 0. The van der Waals surface area contributed by atoms with E-state index in [1.54, 1.807) is 0 Å². The van der Waals surface area contributed by atoms with Gasteiger partial charge < -0.3 is 8.85 Å². The molecule has 2 rings (SSSR count). The summed E-state index contributed by atoms with van der Waals surface area (Å²) in [5.74, 6) is 1.82. The van der Waals surface area contributed by atoms with Crippen LogP contribution in [-0.2, 0) is 8.85 Å². The minimum absolute atomic E-state index is 0.866. The van der Waals surface area contributed by atoms with E-state index >= 15 is 0 Å². The maximum absolute atomic E-state index is 6.08. The molecule has 1 heterocycles. The van der Waals surface area contributed by atoms with Gasteiger partial charge in [-0.25, -0.2) is 0 Å². The molecule has 124 valence electrons. The summed E-state index contributed by atoms with van der Waals surface area (Å²) >= 11 is 0. The molecular formula is C16H34N2O2Si. The second-order valence-electron chi connectivity index (χ2n) is 6.58. The first-order chi connectivity index (χ1) is 10.2. The molecule has 21 heavy (non-hydrogen) atoms. The topological polar surface area (TPSA) is 24.9 Å². The predicted molar refractivity (Wildman–Crippen MR) is 88.9 cm³/mol. The van der Waals surface area contributed by atoms with Crippen molar-refractivity contribution in [2.45, 2.75) is 52.4 Å². The van der Waals surface area contributed by atoms with Gasteiger partial charge in [-0.3, -0.25) is 9.13 Å². The molecule has 2 unspecified atom stereocenters. The Bertz CT molecular complexity index is 313. The maximum Gasteiger partial charge on any atom is 0.521 e. The smallest absolute Gasteiger partial charge is 0.374 e. The molecule has 0 amide bonds. The molecular weight excluding hydrogens is 280 g/mol. The van der Waals surface area contributed by atoms with E-state index in [9.17, 15) is 0 Å². The number of hydrogen-bond acceptors (Lipinski definition) is 4. The normalized spacial score (nSPS) is 27.9. The number of nitrogens with zero attached hydrogens (tertiary/aromatic N) is 2. The van der Waals surface area contributed by atoms with Crippen molar-refractivity contribution < 1.29 is 8.85 Å². The van der Waals surface area contributed by atoms with E-state index in [-0.39, 0.29) is 0 Å². The SMILES string of the molecule is CCCN(CC)[Si](OC)(OC)N1CCC2CCCCC2C1. The molecule has 1 aliphatic heterocycles. The van der Waals surface area contributed by atoms with Crippen molar-refractivity contribution in [3.8, 4) is 0 Å². The molecule has 2 aliphatic rings. The van der Waals surface area contributed by atoms with Gasteiger partial charge in [0.1, 0.15) is 0 Å². The van der Waals surface area contributed by atoms with Crippen LogP contribution in [0.4, 0.5) is 0 Å². The van der Waals surface area contributed by atoms with Crippen LogP contribution in [0.25, 0.3) is 0 Å². The average Bonchev–Trinajstić information content (AvgIpc) is 2.55. The summed E-state index contributed by atoms with van der Waals surface area (Å²) in [5.41, 5.74) is 0. The molecule has 2 fully saturated rings. The summed E-state index contributed by atoms with van der Waals surface area (Å²) in [6.45, 7) is 8.86. The molecule has 0 aromatic heterocycles. The Labute approximate surface area is 132 Å². The zero-order valence-corrected chi connectivity index (χ0v) is 15.4. The second kappa shape index (κ2) is 8.06. The van der Waals surface area contributed by atoms with Crippen LogP contribution in [0.1, 0.15) is 52.4 Å². The van der Waals surface area contributed by atoms with Crippen LogP contribution in [0.15, 0.2) is 0 Å². The van der Waals surface area contributed by atoms with E-state index in [2.05, 4.69) is 23.0 Å². The minimum atomic E-state index is -2.40. The largest absolute Gasteiger partial charge is 0.521 e. The van der Waals surface area contributed by atoms with Crippen LogP contribution < -0.4 is 0 Å². The molecule has 1 aliphatic carbocycles. The Morgan fingerprint density at radius 2 is 1.71 bits per heavy atom. The van der Waals surface area contributed by atoms with Gasteiger partial charge in [0, 0.05) is 14.2 Å². The molecule has 0 radical (unpaired) electrons. The van der Waals surface area contributed by atoms with Crippen molar-refractivity contribution in [1.82, 2.24) is 9.13 Å². The van der Waals surface area contributed by atoms with Crippen molar-refractivity contribution in [3.05, 3.63) is 0 Å². The van der Waals surface area contributed by atoms with Crippen molar-refractivity contribution in [3.63, 3.8) is 0 Å². The summed E-state index contributed by atoms with van der Waals surface area (Å²) in [7, 11) is 1.29. The van der Waals surface area contributed by atoms with E-state index < -0.39 is 8.88 Å². The van der Waals surface area contributed by atoms with E-state index in [1.807, 2.05) is 14.2 Å². The van der Waals surface area contributed by atoms with E-state index in [1.165, 1.54) is 38.6 Å². The Balaban J connectivity index is 2.13. The van der Waals surface area contributed by atoms with Gasteiger partial charge in [0.25, 0.3) is 0 Å². The van der Waals surface area contributed by atoms with Crippen LogP contribution in [0.2, 0.25) is 0 Å². The van der Waals surface area contributed by atoms with Crippen LogP contribution in [0, 0.1) is 11.8 Å². The van der Waals surface area contributed by atoms with Gasteiger partial charge in [0.15, 0.2) is 0 Å². The number of piperidine rings is 1. The second-order valence-corrected chi connectivity index (χ2v) is 9.75. The van der Waals surface area contributed by atoms with Gasteiger partial charge in [-0.1, -0.05) is 33.1 Å². The van der Waals surface area contributed by atoms with Crippen molar-refractivity contribution in [1.29, 1.82) is 0 Å². The fourth-order valence-corrected chi connectivity index (χ4v) is 7.81. The van der Waals surface area contributed by atoms with Crippen LogP contribution in [0.3, 0.4) is 0 Å². The summed E-state index contributed by atoms with van der Waals surface area (Å²) in [6, 6.07) is 0. The molecule has 2 atom stereocenters. The first kappa shape index (κ1) is 17.4. The third-order valence-electron chi connectivity index (χ3n) is 5.50. The highest BCUT2D eigenvalue weighted by molar-refractivity contribution is 6.61. The molecule has 1 saturated carbocycles. The third kappa shape index (κ3) is 3.53. The quantitative estimate of drug-likeness (QED) is 0.675. The Morgan fingerprint density at radius 1 is 1.05 bits per heavy atom. The molecule has 0 bridgehead atoms. The van der Waals surface area contributed by atoms with Crippen molar-refractivity contribution in [2.75, 3.05) is 40.4 Å². The molecule has 1 saturated heterocycles. The summed E-state index contributed by atoms with van der Waals surface area (Å²) in [6.07, 6.45) is 8.18. The van der Waals surface area contributed by atoms with Gasteiger partial charge in [-0.15, -0.1) is 0 Å². The third-order valence-corrected chi connectivity index (χ3v) is 9.11. The van der Waals surface area contributed by atoms with Gasteiger partial charge in [-0.2, -0.15) is 0 Å². The lowest BCUT2D eigenvalue weighted by atomic mass is 9.76. The van der Waals surface area contributed by atoms with Gasteiger partial charge in [0.05, 0.1) is 0 Å². The number of fused-ring (bicyclic) bond motifs is 1. The van der Waals surface area contributed by atoms with E-state index in [0.717, 1.165) is 37.9 Å². The molecule has 0 N–H and O–H groups in total. The maximum atomic E-state index is 6.08. The molecule has 4 nitrogen and oxygen atoms in total. The van der Waals surface area contributed by atoms with Crippen LogP contribution in [-0.4, -0.2) is 58.4 Å². The van der Waals surface area contributed by atoms with Gasteiger partial charge >= 0.3 is 8.88 Å². The standard InChI is InChI=1S/C16H34N2O2Si/c1-5-12-17(6-2)21(19-3,20-4)18-13-11-15-9-7-8-10-16(15)14-18/h15-16H,5-14H2,1-4H3. The highest BCUT2D eigenvalue weighted by Crippen LogP contribution is 2.38. The zero-order chi connectivity index (χ0) is 15.3. The number of rotatable bonds is 7. The molecule has 5 heteroatoms. The Kier molecular flexibility index (Phi) is 6.68. The van der Waals surface area contributed by atoms with E-state index in [4.69, 9.17) is 8.85 Å². The summed E-state index contributed by atoms with van der Waals surface area (Å²) in [5, 5.41) is 0. The first-order valence-electron chi connectivity index (χ1n) is 8.82. The lowest BCUT2D eigenvalue weighted by Gasteiger charge is -2.49. The van der Waals surface area contributed by atoms with Crippen LogP contribution >= 0.6 is 0 Å². The Morgan fingerprint density at radius 3 is 2.29 bits per heavy atom. The van der Waals surface area contributed by atoms with Gasteiger partial charge in [0.2, 0.25) is 0 Å². The lowest BCUT2D eigenvalue weighted by molar-refractivity contribution is 0.0463. The highest BCUT2D eigenvalue weighted by Gasteiger charge is 2.52. The van der Waals surface area contributed by atoms with Gasteiger partial charge in [-0.05, 0) is 57.3 Å². The summed E-state index contributed by atoms with van der Waals surface area (Å²) < 4.78 is 17.2. The Hall–Kier alpha value is 0.0569.